The Morgan fingerprint density at radius 2 is 1.83 bits per heavy atom. The molecule has 0 aromatic heterocycles. The fraction of sp³-hybridized carbons (Fsp3) is 1.00. The summed E-state index contributed by atoms with van der Waals surface area (Å²) < 4.78 is 0.296. The lowest BCUT2D eigenvalue weighted by molar-refractivity contribution is 0.449. The van der Waals surface area contributed by atoms with Crippen molar-refractivity contribution in [3.63, 3.8) is 0 Å². The topological polar surface area (TPSA) is 3.24 Å². The van der Waals surface area contributed by atoms with Gasteiger partial charge in [-0.2, -0.15) is 0 Å². The first-order valence-electron chi connectivity index (χ1n) is 1.95. The molecule has 0 aromatic rings. The van der Waals surface area contributed by atoms with Gasteiger partial charge < -0.3 is 4.90 Å². The normalized spacial score (nSPS) is 15.3. The Bertz CT molecular complexity index is 31.8. The molecule has 0 rings (SSSR count). The molecule has 0 bridgehead atoms. The van der Waals surface area contributed by atoms with Crippen LogP contribution in [-0.2, 0) is 0 Å². The Balaban J connectivity index is 2.99. The van der Waals surface area contributed by atoms with E-state index in [2.05, 4.69) is 0 Å². The van der Waals surface area contributed by atoms with E-state index in [9.17, 15) is 0 Å². The van der Waals surface area contributed by atoms with Crippen molar-refractivity contribution in [3.05, 3.63) is 0 Å². The smallest absolute Gasteiger partial charge is 0.264 e. The van der Waals surface area contributed by atoms with Crippen LogP contribution in [-0.4, -0.2) is 39.6 Å². The number of rotatable bonds is 1. The van der Waals surface area contributed by atoms with Crippen LogP contribution in [0.3, 0.4) is 0 Å². The predicted molar refractivity (Wildman–Crippen MR) is 31.9 cm³/mol. The molecule has 0 aromatic carbocycles. The zero-order valence-electron chi connectivity index (χ0n) is 4.40. The highest BCUT2D eigenvalue weighted by molar-refractivity contribution is 6.39. The van der Waals surface area contributed by atoms with Crippen molar-refractivity contribution in [1.29, 1.82) is 0 Å². The number of hydrogen-bond donors (Lipinski definition) is 0. The minimum atomic E-state index is 0.296. The molecule has 0 aliphatic carbocycles. The van der Waals surface area contributed by atoms with E-state index in [4.69, 9.17) is 11.6 Å². The minimum Gasteiger partial charge on any atom is -0.307 e. The quantitative estimate of drug-likeness (QED) is 0.262. The maximum Gasteiger partial charge on any atom is 0.264 e. The van der Waals surface area contributed by atoms with Crippen molar-refractivity contribution in [1.82, 2.24) is 4.90 Å². The number of alkyl halides is 1. The van der Waals surface area contributed by atoms with Gasteiger partial charge in [-0.3, -0.25) is 0 Å². The van der Waals surface area contributed by atoms with Gasteiger partial charge in [-0.05, 0) is 14.1 Å². The first-order valence-corrected chi connectivity index (χ1v) is 3.54. The third-order valence-electron chi connectivity index (χ3n) is 0.712. The minimum absolute atomic E-state index is 0.296. The lowest BCUT2D eigenvalue weighted by Gasteiger charge is -2.10. The zero-order valence-corrected chi connectivity index (χ0v) is 7.16. The number of nitrogens with zero attached hydrogens (tertiary/aromatic N) is 1. The first kappa shape index (κ1) is 6.78. The molecule has 0 saturated heterocycles. The second-order valence-corrected chi connectivity index (χ2v) is 3.99. The van der Waals surface area contributed by atoms with Crippen LogP contribution < -0.4 is 0 Å². The van der Waals surface area contributed by atoms with Gasteiger partial charge in [0.15, 0.2) is 0 Å². The Labute approximate surface area is 51.7 Å². The lowest BCUT2D eigenvalue weighted by Crippen LogP contribution is -2.21. The van der Waals surface area contributed by atoms with Gasteiger partial charge in [-0.25, -0.2) is 0 Å². The molecule has 0 radical (unpaired) electrons. The maximum atomic E-state index is 5.60. The average Bonchev–Trinajstić information content (AvgIpc) is 1.36. The molecule has 0 aliphatic heterocycles. The van der Waals surface area contributed by atoms with Crippen LogP contribution in [0.2, 0.25) is 0 Å². The van der Waals surface area contributed by atoms with Crippen molar-refractivity contribution < 1.29 is 0 Å². The highest BCUT2D eigenvalue weighted by atomic mass is 35.5. The molecule has 1 unspecified atom stereocenters. The van der Waals surface area contributed by atoms with Gasteiger partial charge in [-0.15, -0.1) is 11.6 Å². The SMILES string of the molecule is CN(C)[CH]([AlH2])Cl. The molecule has 1 atom stereocenters. The summed E-state index contributed by atoms with van der Waals surface area (Å²) in [7, 11) is 3.95. The molecule has 3 heteroatoms. The van der Waals surface area contributed by atoms with Crippen molar-refractivity contribution in [2.24, 2.45) is 0 Å². The van der Waals surface area contributed by atoms with Crippen LogP contribution >= 0.6 is 11.6 Å². The van der Waals surface area contributed by atoms with Gasteiger partial charge in [0, 0.05) is 4.36 Å². The van der Waals surface area contributed by atoms with Crippen LogP contribution in [0.1, 0.15) is 0 Å². The van der Waals surface area contributed by atoms with E-state index >= 15 is 0 Å². The van der Waals surface area contributed by atoms with E-state index in [1.54, 1.807) is 0 Å². The van der Waals surface area contributed by atoms with E-state index < -0.39 is 0 Å². The second kappa shape index (κ2) is 2.88. The van der Waals surface area contributed by atoms with Crippen LogP contribution in [0.25, 0.3) is 0 Å². The molecule has 0 fully saturated rings. The van der Waals surface area contributed by atoms with Crippen LogP contribution in [0, 0.1) is 0 Å². The van der Waals surface area contributed by atoms with Crippen molar-refractivity contribution in [2.75, 3.05) is 14.1 Å². The predicted octanol–water partition coefficient (Wildman–Crippen LogP) is -0.297. The van der Waals surface area contributed by atoms with E-state index in [1.165, 1.54) is 0 Å². The van der Waals surface area contributed by atoms with Gasteiger partial charge in [0.05, 0.1) is 0 Å². The Hall–Kier alpha value is 0.782. The van der Waals surface area contributed by atoms with Crippen LogP contribution in [0.5, 0.6) is 0 Å². The van der Waals surface area contributed by atoms with Gasteiger partial charge in [0.25, 0.3) is 16.3 Å². The summed E-state index contributed by atoms with van der Waals surface area (Å²) in [5, 5.41) is 0. The molecule has 36 valence electrons. The third kappa shape index (κ3) is 2.99. The number of hydrogen-bond acceptors (Lipinski definition) is 1. The van der Waals surface area contributed by atoms with Gasteiger partial charge >= 0.3 is 0 Å². The summed E-state index contributed by atoms with van der Waals surface area (Å²) >= 11 is 6.65. The summed E-state index contributed by atoms with van der Waals surface area (Å²) in [4.78, 5) is 1.99. The van der Waals surface area contributed by atoms with Gasteiger partial charge in [-0.1, -0.05) is 0 Å². The van der Waals surface area contributed by atoms with E-state index in [-0.39, 0.29) is 0 Å². The molecular formula is C3H9AlClN. The second-order valence-electron chi connectivity index (χ2n) is 1.54. The van der Waals surface area contributed by atoms with E-state index in [0.29, 0.717) is 4.36 Å². The third-order valence-corrected chi connectivity index (χ3v) is 2.13. The highest BCUT2D eigenvalue weighted by Gasteiger charge is 1.93. The molecule has 0 aliphatic rings. The summed E-state index contributed by atoms with van der Waals surface area (Å²) in [5.41, 5.74) is 0. The molecule has 0 heterocycles. The molecule has 0 spiro atoms. The Kier molecular flexibility index (Phi) is 3.25. The van der Waals surface area contributed by atoms with Crippen molar-refractivity contribution in [2.45, 2.75) is 4.36 Å². The van der Waals surface area contributed by atoms with Crippen molar-refractivity contribution >= 4 is 27.9 Å². The fourth-order valence-corrected chi connectivity index (χ4v) is 0. The summed E-state index contributed by atoms with van der Waals surface area (Å²) in [6.45, 7) is 0. The largest absolute Gasteiger partial charge is 0.307 e. The summed E-state index contributed by atoms with van der Waals surface area (Å²) in [6.07, 6.45) is 0. The number of halogens is 1. The molecule has 0 N–H and O–H groups in total. The zero-order chi connectivity index (χ0) is 5.15. The maximum absolute atomic E-state index is 5.60. The van der Waals surface area contributed by atoms with Gasteiger partial charge in [0.1, 0.15) is 0 Å². The fourth-order valence-electron chi connectivity index (χ4n) is 0. The summed E-state index contributed by atoms with van der Waals surface area (Å²) in [6, 6.07) is 0. The first-order chi connectivity index (χ1) is 2.64. The van der Waals surface area contributed by atoms with Crippen LogP contribution in [0.4, 0.5) is 0 Å². The van der Waals surface area contributed by atoms with E-state index in [1.807, 2.05) is 19.0 Å². The Morgan fingerprint density at radius 3 is 1.83 bits per heavy atom. The monoisotopic (exact) mass is 121 g/mol. The van der Waals surface area contributed by atoms with Crippen molar-refractivity contribution in [3.8, 4) is 0 Å². The van der Waals surface area contributed by atoms with Gasteiger partial charge in [0.2, 0.25) is 0 Å². The lowest BCUT2D eigenvalue weighted by atomic mass is 11.0. The molecule has 1 nitrogen and oxygen atoms in total. The average molecular weight is 122 g/mol. The standard InChI is InChI=1S/C3H7ClN.Al.2H/c1-5(2)3-4;;;/h3H,1-2H3;;;. The Morgan fingerprint density at radius 1 is 1.67 bits per heavy atom. The molecular weight excluding hydrogens is 112 g/mol. The molecule has 6 heavy (non-hydrogen) atoms. The summed E-state index contributed by atoms with van der Waals surface area (Å²) in [5.74, 6) is 0. The van der Waals surface area contributed by atoms with E-state index in [0.717, 1.165) is 16.3 Å². The molecule has 0 saturated carbocycles. The van der Waals surface area contributed by atoms with Crippen LogP contribution in [0.15, 0.2) is 0 Å². The highest BCUT2D eigenvalue weighted by Crippen LogP contribution is 1.88. The molecule has 0 amide bonds.